The third-order valence-electron chi connectivity index (χ3n) is 3.90. The third-order valence-corrected chi connectivity index (χ3v) is 3.90. The molecule has 4 N–H and O–H groups in total. The molecule has 1 aromatic rings. The van der Waals surface area contributed by atoms with Crippen molar-refractivity contribution < 1.29 is 15.0 Å². The molecule has 0 atom stereocenters. The highest BCUT2D eigenvalue weighted by Gasteiger charge is 2.21. The Balaban J connectivity index is 1.74. The van der Waals surface area contributed by atoms with Gasteiger partial charge in [0.1, 0.15) is 5.82 Å². The lowest BCUT2D eigenvalue weighted by Crippen LogP contribution is -3.13. The van der Waals surface area contributed by atoms with E-state index in [0.29, 0.717) is 0 Å². The van der Waals surface area contributed by atoms with Gasteiger partial charge in [0.05, 0.1) is 26.2 Å². The maximum Gasteiger partial charge on any atom is 0.123 e. The van der Waals surface area contributed by atoms with Crippen LogP contribution in [0.15, 0.2) is 24.3 Å². The average Bonchev–Trinajstić information content (AvgIpc) is 2.39. The van der Waals surface area contributed by atoms with Crippen LogP contribution in [0.25, 0.3) is 0 Å². The van der Waals surface area contributed by atoms with Gasteiger partial charge in [-0.3, -0.25) is 0 Å². The van der Waals surface area contributed by atoms with E-state index in [-0.39, 0.29) is 5.82 Å². The van der Waals surface area contributed by atoms with Gasteiger partial charge in [0.25, 0.3) is 0 Å². The Bertz CT molecular complexity index is 329. The summed E-state index contributed by atoms with van der Waals surface area (Å²) in [5, 5.41) is 0. The summed E-state index contributed by atoms with van der Waals surface area (Å²) in [4.78, 5) is 1.69. The van der Waals surface area contributed by atoms with Gasteiger partial charge in [0.15, 0.2) is 0 Å². The van der Waals surface area contributed by atoms with E-state index in [2.05, 4.69) is 5.73 Å². The van der Waals surface area contributed by atoms with E-state index in [4.69, 9.17) is 0 Å². The molecule has 1 heterocycles. The monoisotopic (exact) mass is 238 g/mol. The van der Waals surface area contributed by atoms with Crippen molar-refractivity contribution in [3.8, 4) is 0 Å². The van der Waals surface area contributed by atoms with Crippen molar-refractivity contribution in [1.82, 2.24) is 0 Å². The van der Waals surface area contributed by atoms with Gasteiger partial charge in [-0.05, 0) is 17.7 Å². The van der Waals surface area contributed by atoms with Gasteiger partial charge >= 0.3 is 0 Å². The van der Waals surface area contributed by atoms with E-state index < -0.39 is 0 Å². The fourth-order valence-electron chi connectivity index (χ4n) is 2.60. The van der Waals surface area contributed by atoms with E-state index in [0.717, 1.165) is 18.9 Å². The molecule has 1 aliphatic heterocycles. The maximum absolute atomic E-state index is 12.8. The molecule has 3 heteroatoms. The number of piperidine rings is 1. The Kier molecular flexibility index (Phi) is 4.51. The summed E-state index contributed by atoms with van der Waals surface area (Å²) in [7, 11) is 0. The maximum atomic E-state index is 12.8. The molecule has 0 aromatic heterocycles. The predicted molar refractivity (Wildman–Crippen MR) is 66.1 cm³/mol. The minimum atomic E-state index is -0.141. The molecule has 1 saturated heterocycles. The molecule has 0 spiro atoms. The summed E-state index contributed by atoms with van der Waals surface area (Å²) in [5.74, 6) is 0.710. The van der Waals surface area contributed by atoms with Crippen molar-refractivity contribution in [2.24, 2.45) is 5.92 Å². The van der Waals surface area contributed by atoms with Gasteiger partial charge in [0.2, 0.25) is 0 Å². The van der Waals surface area contributed by atoms with Crippen LogP contribution < -0.4 is 10.6 Å². The molecule has 1 fully saturated rings. The first-order valence-corrected chi connectivity index (χ1v) is 6.65. The van der Waals surface area contributed by atoms with Crippen molar-refractivity contribution in [3.05, 3.63) is 35.6 Å². The predicted octanol–water partition coefficient (Wildman–Crippen LogP) is -0.0950. The zero-order valence-corrected chi connectivity index (χ0v) is 10.4. The number of benzene rings is 1. The number of hydrogen-bond donors (Lipinski definition) is 2. The smallest absolute Gasteiger partial charge is 0.123 e. The van der Waals surface area contributed by atoms with Gasteiger partial charge in [-0.25, -0.2) is 4.39 Å². The largest absolute Gasteiger partial charge is 0.357 e. The summed E-state index contributed by atoms with van der Waals surface area (Å²) >= 11 is 0. The van der Waals surface area contributed by atoms with Crippen molar-refractivity contribution in [2.75, 3.05) is 26.2 Å². The number of rotatable bonds is 4. The molecule has 1 aliphatic rings. The van der Waals surface area contributed by atoms with Crippen LogP contribution in [0, 0.1) is 11.7 Å². The zero-order valence-electron chi connectivity index (χ0n) is 10.4. The fourth-order valence-corrected chi connectivity index (χ4v) is 2.60. The van der Waals surface area contributed by atoms with Crippen molar-refractivity contribution in [2.45, 2.75) is 19.3 Å². The first kappa shape index (κ1) is 12.5. The fraction of sp³-hybridized carbons (Fsp3) is 0.571. The highest BCUT2D eigenvalue weighted by atomic mass is 19.1. The van der Waals surface area contributed by atoms with E-state index >= 15 is 0 Å². The average molecular weight is 238 g/mol. The first-order valence-electron chi connectivity index (χ1n) is 6.65. The van der Waals surface area contributed by atoms with E-state index in [9.17, 15) is 4.39 Å². The van der Waals surface area contributed by atoms with Crippen LogP contribution in [0.1, 0.15) is 18.4 Å². The van der Waals surface area contributed by atoms with Crippen LogP contribution in [0.4, 0.5) is 4.39 Å². The normalized spacial score (nSPS) is 24.8. The lowest BCUT2D eigenvalue weighted by Gasteiger charge is -2.27. The first-order chi connectivity index (χ1) is 8.28. The van der Waals surface area contributed by atoms with Crippen LogP contribution in [-0.4, -0.2) is 26.2 Å². The Hall–Kier alpha value is -0.930. The SMILES string of the molecule is [NH3+]CC1CC[NH+](CCc2ccc(F)cc2)CC1. The molecule has 0 amide bonds. The van der Waals surface area contributed by atoms with Crippen molar-refractivity contribution >= 4 is 0 Å². The second-order valence-corrected chi connectivity index (χ2v) is 5.11. The summed E-state index contributed by atoms with van der Waals surface area (Å²) in [6.07, 6.45) is 3.70. The minimum Gasteiger partial charge on any atom is -0.357 e. The van der Waals surface area contributed by atoms with E-state index in [1.165, 1.54) is 38.0 Å². The molecule has 0 aliphatic carbocycles. The molecular formula is C14H23FN2+2. The quantitative estimate of drug-likeness (QED) is 0.734. The number of quaternary nitrogens is 2. The molecule has 2 nitrogen and oxygen atoms in total. The molecule has 0 bridgehead atoms. The molecular weight excluding hydrogens is 215 g/mol. The molecule has 94 valence electrons. The van der Waals surface area contributed by atoms with E-state index in [1.807, 2.05) is 12.1 Å². The van der Waals surface area contributed by atoms with Gasteiger partial charge in [-0.1, -0.05) is 12.1 Å². The number of halogens is 1. The van der Waals surface area contributed by atoms with Crippen LogP contribution in [0.5, 0.6) is 0 Å². The molecule has 0 unspecified atom stereocenters. The Morgan fingerprint density at radius 2 is 1.82 bits per heavy atom. The van der Waals surface area contributed by atoms with Gasteiger partial charge < -0.3 is 10.6 Å². The Morgan fingerprint density at radius 1 is 1.18 bits per heavy atom. The van der Waals surface area contributed by atoms with Crippen molar-refractivity contribution in [3.63, 3.8) is 0 Å². The summed E-state index contributed by atoms with van der Waals surface area (Å²) in [5.41, 5.74) is 5.24. The summed E-state index contributed by atoms with van der Waals surface area (Å²) < 4.78 is 12.8. The summed E-state index contributed by atoms with van der Waals surface area (Å²) in [6.45, 7) is 4.82. The lowest BCUT2D eigenvalue weighted by molar-refractivity contribution is -0.906. The topological polar surface area (TPSA) is 32.1 Å². The lowest BCUT2D eigenvalue weighted by atomic mass is 9.97. The van der Waals surface area contributed by atoms with Crippen LogP contribution in [0.2, 0.25) is 0 Å². The van der Waals surface area contributed by atoms with Gasteiger partial charge in [0, 0.05) is 25.2 Å². The minimum absolute atomic E-state index is 0.141. The summed E-state index contributed by atoms with van der Waals surface area (Å²) in [6, 6.07) is 6.91. The molecule has 17 heavy (non-hydrogen) atoms. The number of nitrogens with one attached hydrogen (secondary N) is 1. The zero-order chi connectivity index (χ0) is 12.1. The highest BCUT2D eigenvalue weighted by molar-refractivity contribution is 5.15. The van der Waals surface area contributed by atoms with Crippen LogP contribution in [-0.2, 0) is 6.42 Å². The number of likely N-dealkylation sites (tertiary alicyclic amines) is 1. The highest BCUT2D eigenvalue weighted by Crippen LogP contribution is 2.06. The Labute approximate surface area is 103 Å². The second-order valence-electron chi connectivity index (χ2n) is 5.11. The van der Waals surface area contributed by atoms with Crippen molar-refractivity contribution in [1.29, 1.82) is 0 Å². The molecule has 0 saturated carbocycles. The molecule has 2 rings (SSSR count). The molecule has 0 radical (unpaired) electrons. The number of hydrogen-bond acceptors (Lipinski definition) is 0. The van der Waals surface area contributed by atoms with E-state index in [1.54, 1.807) is 17.0 Å². The van der Waals surface area contributed by atoms with Gasteiger partial charge in [-0.15, -0.1) is 0 Å². The molecule has 1 aromatic carbocycles. The van der Waals surface area contributed by atoms with Crippen LogP contribution in [0.3, 0.4) is 0 Å². The van der Waals surface area contributed by atoms with Gasteiger partial charge in [-0.2, -0.15) is 0 Å². The van der Waals surface area contributed by atoms with Crippen LogP contribution >= 0.6 is 0 Å². The second kappa shape index (κ2) is 6.12. The Morgan fingerprint density at radius 3 is 2.41 bits per heavy atom. The standard InChI is InChI=1S/C14H21FN2/c15-14-3-1-12(2-4-14)5-8-17-9-6-13(11-16)7-10-17/h1-4,13H,5-11,16H2/p+2. The third kappa shape index (κ3) is 3.79.